The zero-order chi connectivity index (χ0) is 13.4. The number of aromatic nitrogens is 2. The van der Waals surface area contributed by atoms with E-state index in [1.54, 1.807) is 32.4 Å². The number of rotatable bonds is 2. The summed E-state index contributed by atoms with van der Waals surface area (Å²) in [6, 6.07) is 5.33. The SMILES string of the molecule is CN(C)C(=O)c1ccc2c(-c3nccs3)noc2c1. The first-order valence-electron chi connectivity index (χ1n) is 5.68. The van der Waals surface area contributed by atoms with Crippen LogP contribution < -0.4 is 0 Å². The molecular weight excluding hydrogens is 262 g/mol. The Morgan fingerprint density at radius 2 is 2.21 bits per heavy atom. The first-order chi connectivity index (χ1) is 9.16. The molecule has 0 fully saturated rings. The zero-order valence-electron chi connectivity index (χ0n) is 10.5. The molecule has 96 valence electrons. The summed E-state index contributed by atoms with van der Waals surface area (Å²) in [7, 11) is 3.43. The fraction of sp³-hybridized carbons (Fsp3) is 0.154. The van der Waals surface area contributed by atoms with Crippen molar-refractivity contribution < 1.29 is 9.32 Å². The van der Waals surface area contributed by atoms with Crippen LogP contribution in [0.15, 0.2) is 34.3 Å². The lowest BCUT2D eigenvalue weighted by Crippen LogP contribution is -2.21. The van der Waals surface area contributed by atoms with Crippen LogP contribution in [0.3, 0.4) is 0 Å². The normalized spacial score (nSPS) is 10.8. The van der Waals surface area contributed by atoms with E-state index in [-0.39, 0.29) is 5.91 Å². The van der Waals surface area contributed by atoms with Gasteiger partial charge in [-0.05, 0) is 18.2 Å². The molecule has 0 spiro atoms. The summed E-state index contributed by atoms with van der Waals surface area (Å²) in [4.78, 5) is 17.6. The lowest BCUT2D eigenvalue weighted by molar-refractivity contribution is 0.0827. The van der Waals surface area contributed by atoms with Gasteiger partial charge in [-0.2, -0.15) is 0 Å². The van der Waals surface area contributed by atoms with E-state index in [4.69, 9.17) is 4.52 Å². The van der Waals surface area contributed by atoms with Gasteiger partial charge in [-0.25, -0.2) is 4.98 Å². The summed E-state index contributed by atoms with van der Waals surface area (Å²) in [6.07, 6.45) is 1.73. The Morgan fingerprint density at radius 3 is 2.89 bits per heavy atom. The van der Waals surface area contributed by atoms with E-state index in [0.29, 0.717) is 16.8 Å². The average Bonchev–Trinajstić information content (AvgIpc) is 3.05. The van der Waals surface area contributed by atoms with Gasteiger partial charge in [-0.1, -0.05) is 5.16 Å². The quantitative estimate of drug-likeness (QED) is 0.720. The molecule has 0 bridgehead atoms. The molecule has 0 aliphatic heterocycles. The Bertz CT molecular complexity index is 732. The van der Waals surface area contributed by atoms with Gasteiger partial charge in [0.2, 0.25) is 0 Å². The largest absolute Gasteiger partial charge is 0.356 e. The van der Waals surface area contributed by atoms with Crippen LogP contribution >= 0.6 is 11.3 Å². The minimum Gasteiger partial charge on any atom is -0.356 e. The Labute approximate surface area is 113 Å². The molecule has 1 aromatic carbocycles. The molecule has 19 heavy (non-hydrogen) atoms. The third kappa shape index (κ3) is 2.00. The van der Waals surface area contributed by atoms with Crippen LogP contribution in [-0.2, 0) is 0 Å². The smallest absolute Gasteiger partial charge is 0.253 e. The molecule has 5 nitrogen and oxygen atoms in total. The van der Waals surface area contributed by atoms with Crippen molar-refractivity contribution in [3.63, 3.8) is 0 Å². The number of carbonyl (C=O) groups is 1. The number of hydrogen-bond donors (Lipinski definition) is 0. The molecule has 0 aliphatic carbocycles. The van der Waals surface area contributed by atoms with Gasteiger partial charge < -0.3 is 9.42 Å². The lowest BCUT2D eigenvalue weighted by Gasteiger charge is -2.09. The van der Waals surface area contributed by atoms with Crippen molar-refractivity contribution in [2.24, 2.45) is 0 Å². The van der Waals surface area contributed by atoms with Crippen molar-refractivity contribution in [2.75, 3.05) is 14.1 Å². The predicted octanol–water partition coefficient (Wildman–Crippen LogP) is 2.65. The number of carbonyl (C=O) groups excluding carboxylic acids is 1. The number of amides is 1. The molecule has 0 saturated carbocycles. The van der Waals surface area contributed by atoms with Crippen molar-refractivity contribution in [1.29, 1.82) is 0 Å². The molecule has 6 heteroatoms. The standard InChI is InChI=1S/C13H11N3O2S/c1-16(2)13(17)8-3-4-9-10(7-8)18-15-11(9)12-14-5-6-19-12/h3-7H,1-2H3. The van der Waals surface area contributed by atoms with Crippen LogP contribution in [0, 0.1) is 0 Å². The van der Waals surface area contributed by atoms with Gasteiger partial charge in [-0.15, -0.1) is 11.3 Å². The number of hydrogen-bond acceptors (Lipinski definition) is 5. The third-order valence-electron chi connectivity index (χ3n) is 2.76. The van der Waals surface area contributed by atoms with Crippen LogP contribution in [0.4, 0.5) is 0 Å². The van der Waals surface area contributed by atoms with Gasteiger partial charge in [0.05, 0.1) is 5.39 Å². The second-order valence-corrected chi connectivity index (χ2v) is 5.17. The highest BCUT2D eigenvalue weighted by Gasteiger charge is 2.15. The van der Waals surface area contributed by atoms with E-state index >= 15 is 0 Å². The predicted molar refractivity (Wildman–Crippen MR) is 73.1 cm³/mol. The Balaban J connectivity index is 2.10. The molecule has 1 amide bonds. The molecule has 0 aliphatic rings. The number of benzene rings is 1. The van der Waals surface area contributed by atoms with Crippen molar-refractivity contribution in [3.05, 3.63) is 35.3 Å². The van der Waals surface area contributed by atoms with Crippen LogP contribution in [0.5, 0.6) is 0 Å². The molecular formula is C13H11N3O2S. The first-order valence-corrected chi connectivity index (χ1v) is 6.56. The van der Waals surface area contributed by atoms with Crippen molar-refractivity contribution in [1.82, 2.24) is 15.0 Å². The van der Waals surface area contributed by atoms with Crippen LogP contribution in [0.25, 0.3) is 21.7 Å². The molecule has 0 N–H and O–H groups in total. The minimum absolute atomic E-state index is 0.0610. The van der Waals surface area contributed by atoms with Gasteiger partial charge in [0.15, 0.2) is 5.58 Å². The topological polar surface area (TPSA) is 59.2 Å². The second kappa shape index (κ2) is 4.47. The molecule has 2 heterocycles. The van der Waals surface area contributed by atoms with Gasteiger partial charge in [0.25, 0.3) is 5.91 Å². The Morgan fingerprint density at radius 1 is 1.37 bits per heavy atom. The average molecular weight is 273 g/mol. The number of thiazole rings is 1. The van der Waals surface area contributed by atoms with Crippen molar-refractivity contribution >= 4 is 28.2 Å². The van der Waals surface area contributed by atoms with Crippen LogP contribution in [0.2, 0.25) is 0 Å². The van der Waals surface area contributed by atoms with Crippen LogP contribution in [0.1, 0.15) is 10.4 Å². The second-order valence-electron chi connectivity index (χ2n) is 4.28. The van der Waals surface area contributed by atoms with Crippen molar-refractivity contribution in [3.8, 4) is 10.7 Å². The maximum atomic E-state index is 11.9. The van der Waals surface area contributed by atoms with Crippen molar-refractivity contribution in [2.45, 2.75) is 0 Å². The van der Waals surface area contributed by atoms with E-state index in [0.717, 1.165) is 10.4 Å². The van der Waals surface area contributed by atoms with E-state index in [1.165, 1.54) is 16.2 Å². The summed E-state index contributed by atoms with van der Waals surface area (Å²) in [5, 5.41) is 7.60. The number of fused-ring (bicyclic) bond motifs is 1. The highest BCUT2D eigenvalue weighted by molar-refractivity contribution is 7.13. The maximum Gasteiger partial charge on any atom is 0.253 e. The van der Waals surface area contributed by atoms with E-state index in [2.05, 4.69) is 10.1 Å². The highest BCUT2D eigenvalue weighted by atomic mass is 32.1. The molecule has 3 aromatic rings. The summed E-state index contributed by atoms with van der Waals surface area (Å²) in [5.74, 6) is -0.0610. The molecule has 0 unspecified atom stereocenters. The van der Waals surface area contributed by atoms with Gasteiger partial charge in [-0.3, -0.25) is 4.79 Å². The monoisotopic (exact) mass is 273 g/mol. The summed E-state index contributed by atoms with van der Waals surface area (Å²) >= 11 is 1.50. The fourth-order valence-electron chi connectivity index (χ4n) is 1.82. The third-order valence-corrected chi connectivity index (χ3v) is 3.54. The Kier molecular flexibility index (Phi) is 2.79. The van der Waals surface area contributed by atoms with Gasteiger partial charge in [0, 0.05) is 31.2 Å². The summed E-state index contributed by atoms with van der Waals surface area (Å²) in [5.41, 5.74) is 1.89. The minimum atomic E-state index is -0.0610. The van der Waals surface area contributed by atoms with Gasteiger partial charge >= 0.3 is 0 Å². The van der Waals surface area contributed by atoms with E-state index in [1.807, 2.05) is 11.4 Å². The summed E-state index contributed by atoms with van der Waals surface area (Å²) < 4.78 is 5.29. The first kappa shape index (κ1) is 11.9. The lowest BCUT2D eigenvalue weighted by atomic mass is 10.1. The Hall–Kier alpha value is -2.21. The number of nitrogens with zero attached hydrogens (tertiary/aromatic N) is 3. The zero-order valence-corrected chi connectivity index (χ0v) is 11.3. The molecule has 2 aromatic heterocycles. The molecule has 3 rings (SSSR count). The molecule has 0 saturated heterocycles. The maximum absolute atomic E-state index is 11.9. The fourth-order valence-corrected chi connectivity index (χ4v) is 2.45. The van der Waals surface area contributed by atoms with Gasteiger partial charge in [0.1, 0.15) is 10.7 Å². The molecule has 0 radical (unpaired) electrons. The van der Waals surface area contributed by atoms with E-state index in [9.17, 15) is 4.79 Å². The summed E-state index contributed by atoms with van der Waals surface area (Å²) in [6.45, 7) is 0. The highest BCUT2D eigenvalue weighted by Crippen LogP contribution is 2.29. The molecule has 0 atom stereocenters. The van der Waals surface area contributed by atoms with Crippen LogP contribution in [-0.4, -0.2) is 35.0 Å². The van der Waals surface area contributed by atoms with E-state index < -0.39 is 0 Å².